The van der Waals surface area contributed by atoms with Gasteiger partial charge in [0.1, 0.15) is 13.2 Å². The summed E-state index contributed by atoms with van der Waals surface area (Å²) in [7, 11) is 1.54. The topological polar surface area (TPSA) is 105 Å². The van der Waals surface area contributed by atoms with Crippen LogP contribution in [0.1, 0.15) is 206 Å². The van der Waals surface area contributed by atoms with Crippen molar-refractivity contribution in [1.82, 2.24) is 5.32 Å². The van der Waals surface area contributed by atoms with Gasteiger partial charge in [0.15, 0.2) is 0 Å². The van der Waals surface area contributed by atoms with Gasteiger partial charge in [-0.1, -0.05) is 198 Å². The van der Waals surface area contributed by atoms with Crippen molar-refractivity contribution < 1.29 is 32.9 Å². The fraction of sp³-hybridized carbons (Fsp3) is 0.851. The molecule has 0 aromatic carbocycles. The van der Waals surface area contributed by atoms with Crippen molar-refractivity contribution in [1.29, 1.82) is 0 Å². The van der Waals surface area contributed by atoms with E-state index in [9.17, 15) is 19.4 Å². The Bertz CT molecular complexity index is 1010. The minimum absolute atomic E-state index is 0.0528. The summed E-state index contributed by atoms with van der Waals surface area (Å²) < 4.78 is 23.5. The lowest BCUT2D eigenvalue weighted by atomic mass is 10.0. The van der Waals surface area contributed by atoms with Crippen LogP contribution >= 0.6 is 7.82 Å². The van der Waals surface area contributed by atoms with Crippen LogP contribution < -0.4 is 5.32 Å². The zero-order chi connectivity index (χ0) is 41.4. The molecule has 0 heterocycles. The highest BCUT2D eigenvalue weighted by atomic mass is 31.2. The number of carbonyl (C=O) groups excluding carboxylic acids is 1. The molecule has 3 N–H and O–H groups in total. The normalized spacial score (nSPS) is 14.6. The summed E-state index contributed by atoms with van der Waals surface area (Å²) in [5.74, 6) is -0.274. The predicted octanol–water partition coefficient (Wildman–Crippen LogP) is 13.1. The van der Waals surface area contributed by atoms with E-state index in [-0.39, 0.29) is 25.5 Å². The first-order valence-corrected chi connectivity index (χ1v) is 24.8. The minimum Gasteiger partial charge on any atom is -0.391 e. The highest BCUT2D eigenvalue weighted by molar-refractivity contribution is 7.47. The van der Waals surface area contributed by atoms with Crippen LogP contribution in [0.25, 0.3) is 0 Å². The number of hydrogen-bond acceptors (Lipinski definition) is 5. The molecule has 0 saturated carbocycles. The largest absolute Gasteiger partial charge is 0.472 e. The fourth-order valence-corrected chi connectivity index (χ4v) is 7.37. The van der Waals surface area contributed by atoms with Crippen LogP contribution in [0, 0.1) is 0 Å². The molecule has 0 radical (unpaired) electrons. The molecular formula is C47H92N2O6P+. The van der Waals surface area contributed by atoms with E-state index in [1.54, 1.807) is 0 Å². The van der Waals surface area contributed by atoms with Crippen molar-refractivity contribution in [2.75, 3.05) is 40.9 Å². The molecule has 0 aliphatic heterocycles. The molecule has 1 unspecified atom stereocenters. The maximum Gasteiger partial charge on any atom is 0.472 e. The zero-order valence-corrected chi connectivity index (χ0v) is 38.3. The lowest BCUT2D eigenvalue weighted by molar-refractivity contribution is -0.870. The van der Waals surface area contributed by atoms with E-state index in [0.717, 1.165) is 25.7 Å². The molecular weight excluding hydrogens is 719 g/mol. The second-order valence-corrected chi connectivity index (χ2v) is 18.6. The summed E-state index contributed by atoms with van der Waals surface area (Å²) in [6.45, 7) is 4.78. The van der Waals surface area contributed by atoms with Gasteiger partial charge in [-0.05, 0) is 38.5 Å². The maximum absolute atomic E-state index is 12.8. The van der Waals surface area contributed by atoms with Crippen molar-refractivity contribution in [3.63, 3.8) is 0 Å². The molecule has 0 bridgehead atoms. The minimum atomic E-state index is -4.35. The third-order valence-corrected chi connectivity index (χ3v) is 11.4. The van der Waals surface area contributed by atoms with Crippen LogP contribution in [-0.4, -0.2) is 73.4 Å². The van der Waals surface area contributed by atoms with Crippen LogP contribution in [0.4, 0.5) is 0 Å². The Kier molecular flexibility index (Phi) is 38.3. The summed E-state index contributed by atoms with van der Waals surface area (Å²) in [5.41, 5.74) is 0. The number of quaternary nitrogens is 1. The summed E-state index contributed by atoms with van der Waals surface area (Å²) in [5, 5.41) is 13.8. The molecule has 0 fully saturated rings. The number of likely N-dealkylation sites (N-methyl/N-ethyl adjacent to an activating group) is 1. The molecule has 0 rings (SSSR count). The Labute approximate surface area is 347 Å². The van der Waals surface area contributed by atoms with Gasteiger partial charge in [-0.3, -0.25) is 13.8 Å². The molecule has 3 atom stereocenters. The molecule has 0 spiro atoms. The highest BCUT2D eigenvalue weighted by Crippen LogP contribution is 2.43. The van der Waals surface area contributed by atoms with E-state index in [1.807, 2.05) is 39.4 Å². The number of carbonyl (C=O) groups is 1. The molecule has 56 heavy (non-hydrogen) atoms. The zero-order valence-electron chi connectivity index (χ0n) is 37.4. The maximum atomic E-state index is 12.8. The summed E-state index contributed by atoms with van der Waals surface area (Å²) >= 11 is 0. The van der Waals surface area contributed by atoms with Crippen LogP contribution in [-0.2, 0) is 18.4 Å². The van der Waals surface area contributed by atoms with Crippen molar-refractivity contribution >= 4 is 13.7 Å². The lowest BCUT2D eigenvalue weighted by Gasteiger charge is -2.26. The van der Waals surface area contributed by atoms with Crippen molar-refractivity contribution in [3.8, 4) is 0 Å². The van der Waals surface area contributed by atoms with Crippen LogP contribution in [0.15, 0.2) is 36.5 Å². The predicted molar refractivity (Wildman–Crippen MR) is 240 cm³/mol. The fourth-order valence-electron chi connectivity index (χ4n) is 6.64. The third kappa shape index (κ3) is 40.9. The van der Waals surface area contributed by atoms with Gasteiger partial charge in [0.25, 0.3) is 0 Å². The molecule has 330 valence electrons. The molecule has 0 aliphatic rings. The number of hydrogen-bond donors (Lipinski definition) is 3. The average Bonchev–Trinajstić information content (AvgIpc) is 3.15. The molecule has 1 amide bonds. The number of aliphatic hydroxyl groups excluding tert-OH is 1. The van der Waals surface area contributed by atoms with Crippen LogP contribution in [0.5, 0.6) is 0 Å². The van der Waals surface area contributed by atoms with E-state index in [0.29, 0.717) is 17.4 Å². The number of allylic oxidation sites excluding steroid dienone is 4. The first-order valence-electron chi connectivity index (χ1n) is 23.4. The van der Waals surface area contributed by atoms with Crippen molar-refractivity contribution in [3.05, 3.63) is 36.5 Å². The Balaban J connectivity index is 4.41. The first kappa shape index (κ1) is 54.7. The van der Waals surface area contributed by atoms with E-state index < -0.39 is 20.0 Å². The van der Waals surface area contributed by atoms with Crippen LogP contribution in [0.2, 0.25) is 0 Å². The first-order chi connectivity index (χ1) is 27.0. The Morgan fingerprint density at radius 3 is 1.46 bits per heavy atom. The number of phosphoric acid groups is 1. The van der Waals surface area contributed by atoms with E-state index >= 15 is 0 Å². The van der Waals surface area contributed by atoms with E-state index in [4.69, 9.17) is 9.05 Å². The molecule has 0 aromatic rings. The number of amides is 1. The van der Waals surface area contributed by atoms with Gasteiger partial charge in [-0.2, -0.15) is 0 Å². The molecule has 0 aromatic heterocycles. The van der Waals surface area contributed by atoms with Gasteiger partial charge in [-0.15, -0.1) is 0 Å². The average molecular weight is 812 g/mol. The summed E-state index contributed by atoms with van der Waals surface area (Å²) in [6.07, 6.45) is 48.1. The van der Waals surface area contributed by atoms with Crippen molar-refractivity contribution in [2.45, 2.75) is 219 Å². The number of nitrogens with one attached hydrogen (secondary N) is 1. The van der Waals surface area contributed by atoms with Gasteiger partial charge >= 0.3 is 7.82 Å². The van der Waals surface area contributed by atoms with Crippen molar-refractivity contribution in [2.24, 2.45) is 0 Å². The highest BCUT2D eigenvalue weighted by Gasteiger charge is 2.28. The SMILES string of the molecule is CCCCCCCCCCCCC=CC[C@@H](O)[C@H](COP(=O)(O)OCC[N+](C)(C)C)NC(=O)CC=CCC=CCCCCCCCCCCCCCCCCC. The quantitative estimate of drug-likeness (QED) is 0.0245. The van der Waals surface area contributed by atoms with Gasteiger partial charge in [0.2, 0.25) is 5.91 Å². The molecule has 8 nitrogen and oxygen atoms in total. The number of unbranched alkanes of at least 4 members (excludes halogenated alkanes) is 25. The number of aliphatic hydroxyl groups is 1. The Morgan fingerprint density at radius 1 is 0.607 bits per heavy atom. The monoisotopic (exact) mass is 812 g/mol. The smallest absolute Gasteiger partial charge is 0.391 e. The van der Waals surface area contributed by atoms with E-state index in [1.165, 1.54) is 154 Å². The molecule has 0 saturated heterocycles. The third-order valence-electron chi connectivity index (χ3n) is 10.4. The standard InChI is InChI=1S/C47H91N2O6P/c1-6-8-10-12-14-16-18-20-21-22-23-24-25-26-27-29-31-33-35-37-39-41-47(51)48-45(44-55-56(52,53)54-43-42-49(3,4)5)46(50)40-38-36-34-32-30-28-19-17-15-13-11-9-7-2/h31,33,36-39,45-46,50H,6-30,32,34-35,40-44H2,1-5H3,(H-,48,51,52,53)/p+1/t45-,46+/m0/s1. The molecule has 9 heteroatoms. The number of nitrogens with zero attached hydrogens (tertiary/aromatic N) is 1. The van der Waals surface area contributed by atoms with Gasteiger partial charge < -0.3 is 19.8 Å². The van der Waals surface area contributed by atoms with Gasteiger partial charge in [-0.25, -0.2) is 4.57 Å². The summed E-state index contributed by atoms with van der Waals surface area (Å²) in [4.78, 5) is 23.1. The number of rotatable bonds is 42. The van der Waals surface area contributed by atoms with Gasteiger partial charge in [0, 0.05) is 6.42 Å². The lowest BCUT2D eigenvalue weighted by Crippen LogP contribution is -2.46. The van der Waals surface area contributed by atoms with Gasteiger partial charge in [0.05, 0.1) is 39.9 Å². The molecule has 0 aliphatic carbocycles. The van der Waals surface area contributed by atoms with E-state index in [2.05, 4.69) is 37.4 Å². The second kappa shape index (κ2) is 39.2. The Hall–Kier alpha value is -1.28. The number of phosphoric ester groups is 1. The second-order valence-electron chi connectivity index (χ2n) is 17.2. The summed E-state index contributed by atoms with van der Waals surface area (Å²) in [6, 6.07) is -0.852. The van der Waals surface area contributed by atoms with Crippen LogP contribution in [0.3, 0.4) is 0 Å². The Morgan fingerprint density at radius 2 is 1.02 bits per heavy atom.